The van der Waals surface area contributed by atoms with Gasteiger partial charge in [0.2, 0.25) is 0 Å². The molecule has 0 aliphatic carbocycles. The number of piperidine rings is 1. The number of likely N-dealkylation sites (tertiary alicyclic amines) is 1. The molecule has 1 fully saturated rings. The molecule has 0 spiro atoms. The van der Waals surface area contributed by atoms with Crippen LogP contribution in [0.3, 0.4) is 0 Å². The number of methoxy groups -OCH3 is 1. The lowest BCUT2D eigenvalue weighted by Crippen LogP contribution is -2.48. The fraction of sp³-hybridized carbons (Fsp3) is 0.929. The van der Waals surface area contributed by atoms with E-state index in [1.807, 2.05) is 4.90 Å². The molecule has 0 bridgehead atoms. The summed E-state index contributed by atoms with van der Waals surface area (Å²) in [5.41, 5.74) is 0.0389. The number of urea groups is 1. The first-order valence-corrected chi connectivity index (χ1v) is 6.90. The van der Waals surface area contributed by atoms with Crippen molar-refractivity contribution < 1.29 is 9.53 Å². The third-order valence-corrected chi connectivity index (χ3v) is 3.63. The van der Waals surface area contributed by atoms with Gasteiger partial charge in [-0.2, -0.15) is 0 Å². The highest BCUT2D eigenvalue weighted by atomic mass is 16.5. The van der Waals surface area contributed by atoms with Crippen LogP contribution in [0.25, 0.3) is 0 Å². The molecule has 1 N–H and O–H groups in total. The largest absolute Gasteiger partial charge is 0.379 e. The molecular formula is C14H28N2O2. The summed E-state index contributed by atoms with van der Waals surface area (Å²) in [6.07, 6.45) is 2.39. The molecule has 0 aromatic rings. The molecular weight excluding hydrogens is 228 g/mol. The van der Waals surface area contributed by atoms with Gasteiger partial charge in [-0.25, -0.2) is 4.79 Å². The van der Waals surface area contributed by atoms with E-state index in [1.165, 1.54) is 6.42 Å². The Morgan fingerprint density at radius 2 is 2.17 bits per heavy atom. The second-order valence-corrected chi connectivity index (χ2v) is 6.47. The van der Waals surface area contributed by atoms with Crippen molar-refractivity contribution in [3.05, 3.63) is 0 Å². The Morgan fingerprint density at radius 1 is 1.50 bits per heavy atom. The summed E-state index contributed by atoms with van der Waals surface area (Å²) in [6, 6.07) is 0.0489. The first-order valence-electron chi connectivity index (χ1n) is 6.90. The molecule has 1 rings (SSSR count). The third-order valence-electron chi connectivity index (χ3n) is 3.63. The van der Waals surface area contributed by atoms with Gasteiger partial charge in [-0.1, -0.05) is 27.7 Å². The van der Waals surface area contributed by atoms with E-state index < -0.39 is 0 Å². The predicted molar refractivity (Wildman–Crippen MR) is 73.6 cm³/mol. The van der Waals surface area contributed by atoms with Crippen LogP contribution < -0.4 is 5.32 Å². The molecule has 0 aromatic carbocycles. The van der Waals surface area contributed by atoms with Crippen LogP contribution in [0.4, 0.5) is 4.79 Å². The molecule has 2 unspecified atom stereocenters. The summed E-state index contributed by atoms with van der Waals surface area (Å²) in [7, 11) is 1.70. The fourth-order valence-corrected chi connectivity index (χ4v) is 2.41. The van der Waals surface area contributed by atoms with Crippen molar-refractivity contribution in [3.63, 3.8) is 0 Å². The summed E-state index contributed by atoms with van der Waals surface area (Å²) in [6.45, 7) is 10.9. The third kappa shape index (κ3) is 4.48. The van der Waals surface area contributed by atoms with Gasteiger partial charge in [-0.05, 0) is 24.2 Å². The maximum absolute atomic E-state index is 12.1. The number of rotatable bonds is 3. The molecule has 4 heteroatoms. The summed E-state index contributed by atoms with van der Waals surface area (Å²) in [4.78, 5) is 14.0. The quantitative estimate of drug-likeness (QED) is 0.843. The Labute approximate surface area is 111 Å². The average Bonchev–Trinajstić information content (AvgIpc) is 2.27. The minimum absolute atomic E-state index is 0.0389. The van der Waals surface area contributed by atoms with E-state index in [9.17, 15) is 4.79 Å². The second kappa shape index (κ2) is 6.41. The van der Waals surface area contributed by atoms with Crippen LogP contribution in [0, 0.1) is 11.3 Å². The van der Waals surface area contributed by atoms with Crippen molar-refractivity contribution >= 4 is 6.03 Å². The Kier molecular flexibility index (Phi) is 5.45. The summed E-state index contributed by atoms with van der Waals surface area (Å²) >= 11 is 0. The Bertz CT molecular complexity index is 273. The van der Waals surface area contributed by atoms with Crippen molar-refractivity contribution in [1.82, 2.24) is 10.2 Å². The Hall–Kier alpha value is -0.770. The highest BCUT2D eigenvalue weighted by Crippen LogP contribution is 2.21. The van der Waals surface area contributed by atoms with Gasteiger partial charge in [0.1, 0.15) is 0 Å². The van der Waals surface area contributed by atoms with Crippen LogP contribution in [0.15, 0.2) is 0 Å². The Morgan fingerprint density at radius 3 is 2.67 bits per heavy atom. The molecule has 4 nitrogen and oxygen atoms in total. The van der Waals surface area contributed by atoms with Gasteiger partial charge in [0, 0.05) is 26.7 Å². The van der Waals surface area contributed by atoms with Crippen molar-refractivity contribution in [2.45, 2.75) is 46.6 Å². The lowest BCUT2D eigenvalue weighted by atomic mass is 9.89. The molecule has 18 heavy (non-hydrogen) atoms. The maximum atomic E-state index is 12.1. The normalized spacial score (nSPS) is 22.7. The first-order chi connectivity index (χ1) is 8.34. The highest BCUT2D eigenvalue weighted by Gasteiger charge is 2.26. The van der Waals surface area contributed by atoms with E-state index >= 15 is 0 Å². The smallest absolute Gasteiger partial charge is 0.317 e. The maximum Gasteiger partial charge on any atom is 0.317 e. The Balaban J connectivity index is 2.40. The van der Waals surface area contributed by atoms with Crippen LogP contribution in [-0.4, -0.2) is 43.8 Å². The van der Waals surface area contributed by atoms with Crippen molar-refractivity contribution in [2.75, 3.05) is 26.7 Å². The lowest BCUT2D eigenvalue weighted by Gasteiger charge is -2.33. The van der Waals surface area contributed by atoms with Crippen LogP contribution in [0.2, 0.25) is 0 Å². The van der Waals surface area contributed by atoms with Gasteiger partial charge < -0.3 is 15.0 Å². The number of amides is 2. The van der Waals surface area contributed by atoms with Gasteiger partial charge >= 0.3 is 6.03 Å². The number of nitrogens with zero attached hydrogens (tertiary/aromatic N) is 1. The SMILES string of the molecule is COC(CNC(=O)N1CCCC(C)C1)C(C)(C)C. The molecule has 106 valence electrons. The highest BCUT2D eigenvalue weighted by molar-refractivity contribution is 5.74. The average molecular weight is 256 g/mol. The number of nitrogens with one attached hydrogen (secondary N) is 1. The summed E-state index contributed by atoms with van der Waals surface area (Å²) in [5.74, 6) is 0.616. The molecule has 0 saturated carbocycles. The number of hydrogen-bond donors (Lipinski definition) is 1. The minimum atomic E-state index is 0.0389. The summed E-state index contributed by atoms with van der Waals surface area (Å²) < 4.78 is 5.44. The van der Waals surface area contributed by atoms with Crippen LogP contribution in [-0.2, 0) is 4.74 Å². The van der Waals surface area contributed by atoms with Crippen LogP contribution in [0.1, 0.15) is 40.5 Å². The topological polar surface area (TPSA) is 41.6 Å². The number of carbonyl (C=O) groups excluding carboxylic acids is 1. The zero-order valence-corrected chi connectivity index (χ0v) is 12.5. The molecule has 0 radical (unpaired) electrons. The van der Waals surface area contributed by atoms with Gasteiger partial charge in [-0.3, -0.25) is 0 Å². The fourth-order valence-electron chi connectivity index (χ4n) is 2.41. The van der Waals surface area contributed by atoms with E-state index in [-0.39, 0.29) is 17.6 Å². The molecule has 0 aromatic heterocycles. The van der Waals surface area contributed by atoms with Gasteiger partial charge in [0.15, 0.2) is 0 Å². The van der Waals surface area contributed by atoms with Gasteiger partial charge in [0.05, 0.1) is 6.10 Å². The van der Waals surface area contributed by atoms with Crippen molar-refractivity contribution in [1.29, 1.82) is 0 Å². The predicted octanol–water partition coefficient (Wildman–Crippen LogP) is 2.49. The molecule has 1 saturated heterocycles. The van der Waals surface area contributed by atoms with E-state index in [4.69, 9.17) is 4.74 Å². The lowest BCUT2D eigenvalue weighted by molar-refractivity contribution is 0.0182. The van der Waals surface area contributed by atoms with Crippen molar-refractivity contribution in [2.24, 2.45) is 11.3 Å². The van der Waals surface area contributed by atoms with Crippen LogP contribution in [0.5, 0.6) is 0 Å². The first kappa shape index (κ1) is 15.3. The zero-order chi connectivity index (χ0) is 13.8. The monoisotopic (exact) mass is 256 g/mol. The van der Waals surface area contributed by atoms with E-state index in [1.54, 1.807) is 7.11 Å². The molecule has 1 aliphatic heterocycles. The van der Waals surface area contributed by atoms with E-state index in [0.717, 1.165) is 19.5 Å². The molecule has 1 aliphatic rings. The number of carbonyl (C=O) groups is 1. The summed E-state index contributed by atoms with van der Waals surface area (Å²) in [5, 5.41) is 2.99. The van der Waals surface area contributed by atoms with Gasteiger partial charge in [0.25, 0.3) is 0 Å². The second-order valence-electron chi connectivity index (χ2n) is 6.47. The minimum Gasteiger partial charge on any atom is -0.379 e. The number of hydrogen-bond acceptors (Lipinski definition) is 2. The van der Waals surface area contributed by atoms with Crippen molar-refractivity contribution in [3.8, 4) is 0 Å². The van der Waals surface area contributed by atoms with E-state index in [0.29, 0.717) is 12.5 Å². The standard InChI is InChI=1S/C14H28N2O2/c1-11-7-6-8-16(10-11)13(17)15-9-12(18-5)14(2,3)4/h11-12H,6-10H2,1-5H3,(H,15,17). The van der Waals surface area contributed by atoms with E-state index in [2.05, 4.69) is 33.0 Å². The molecule has 2 atom stereocenters. The molecule has 2 amide bonds. The molecule has 1 heterocycles. The van der Waals surface area contributed by atoms with Gasteiger partial charge in [-0.15, -0.1) is 0 Å². The van der Waals surface area contributed by atoms with Crippen LogP contribution >= 0.6 is 0 Å². The number of ether oxygens (including phenoxy) is 1. The zero-order valence-electron chi connectivity index (χ0n) is 12.5.